The molecule has 0 heterocycles. The highest BCUT2D eigenvalue weighted by atomic mass is 16.5. The van der Waals surface area contributed by atoms with E-state index in [4.69, 9.17) is 14.2 Å². The summed E-state index contributed by atoms with van der Waals surface area (Å²) in [6.07, 6.45) is 1.33. The summed E-state index contributed by atoms with van der Waals surface area (Å²) in [6, 6.07) is 24.1. The summed E-state index contributed by atoms with van der Waals surface area (Å²) < 4.78 is 16.2. The van der Waals surface area contributed by atoms with E-state index in [0.717, 1.165) is 10.8 Å². The lowest BCUT2D eigenvalue weighted by atomic mass is 10.0. The minimum atomic E-state index is -0.975. The highest BCUT2D eigenvalue weighted by Crippen LogP contribution is 2.27. The quantitative estimate of drug-likeness (QED) is 0.118. The fourth-order valence-electron chi connectivity index (χ4n) is 3.61. The van der Waals surface area contributed by atoms with Gasteiger partial charge in [-0.15, -0.1) is 0 Å². The summed E-state index contributed by atoms with van der Waals surface area (Å²) in [7, 11) is 1.50. The zero-order valence-electron chi connectivity index (χ0n) is 20.8. The van der Waals surface area contributed by atoms with Gasteiger partial charge in [-0.05, 0) is 60.2 Å². The first-order valence-corrected chi connectivity index (χ1v) is 11.7. The first-order chi connectivity index (χ1) is 18.5. The van der Waals surface area contributed by atoms with Gasteiger partial charge < -0.3 is 19.5 Å². The molecule has 0 atom stereocenters. The molecule has 4 aromatic carbocycles. The molecule has 0 saturated carbocycles. The van der Waals surface area contributed by atoms with Crippen LogP contribution in [0.25, 0.3) is 10.8 Å². The molecule has 0 spiro atoms. The van der Waals surface area contributed by atoms with Gasteiger partial charge in [-0.3, -0.25) is 9.59 Å². The maximum Gasteiger partial charge on any atom is 0.343 e. The Balaban J connectivity index is 1.51. The number of carbonyl (C=O) groups is 3. The molecule has 0 bridgehead atoms. The van der Waals surface area contributed by atoms with Gasteiger partial charge in [0.25, 0.3) is 0 Å². The molecule has 0 aliphatic carbocycles. The average Bonchev–Trinajstić information content (AvgIpc) is 2.94. The van der Waals surface area contributed by atoms with Gasteiger partial charge in [0.05, 0.1) is 25.5 Å². The Bertz CT molecular complexity index is 1500. The van der Waals surface area contributed by atoms with Gasteiger partial charge in [0, 0.05) is 17.3 Å². The molecule has 0 aliphatic rings. The summed E-state index contributed by atoms with van der Waals surface area (Å²) in [6.45, 7) is 2.39. The summed E-state index contributed by atoms with van der Waals surface area (Å²) in [5.41, 5.74) is 3.40. The molecule has 9 nitrogen and oxygen atoms in total. The Morgan fingerprint density at radius 3 is 2.42 bits per heavy atom. The smallest absolute Gasteiger partial charge is 0.343 e. The zero-order chi connectivity index (χ0) is 26.9. The van der Waals surface area contributed by atoms with Crippen LogP contribution in [0.1, 0.15) is 22.8 Å². The van der Waals surface area contributed by atoms with E-state index < -0.39 is 17.8 Å². The highest BCUT2D eigenvalue weighted by molar-refractivity contribution is 6.39. The summed E-state index contributed by atoms with van der Waals surface area (Å²) >= 11 is 0. The lowest BCUT2D eigenvalue weighted by Gasteiger charge is -2.11. The van der Waals surface area contributed by atoms with Crippen molar-refractivity contribution in [2.24, 2.45) is 5.10 Å². The van der Waals surface area contributed by atoms with Crippen LogP contribution >= 0.6 is 0 Å². The number of rotatable bonds is 8. The second-order valence-corrected chi connectivity index (χ2v) is 7.93. The number of anilines is 1. The Morgan fingerprint density at radius 1 is 0.868 bits per heavy atom. The number of nitrogens with zero attached hydrogens (tertiary/aromatic N) is 1. The monoisotopic (exact) mass is 511 g/mol. The maximum atomic E-state index is 12.8. The van der Waals surface area contributed by atoms with Crippen LogP contribution in [0.3, 0.4) is 0 Å². The standard InChI is InChI=1S/C29H25N3O6/c1-3-37-22-14-11-20(12-15-22)29(35)38-26-16-13-19-7-4-5-10-24(19)25(26)18-30-32-28(34)27(33)31-21-8-6-9-23(17-21)36-2/h4-18H,3H2,1-2H3,(H,31,33)(H,32,34). The normalized spacial score (nSPS) is 10.7. The van der Waals surface area contributed by atoms with Gasteiger partial charge in [-0.25, -0.2) is 10.2 Å². The second kappa shape index (κ2) is 12.2. The maximum absolute atomic E-state index is 12.8. The van der Waals surface area contributed by atoms with Crippen LogP contribution in [0, 0.1) is 0 Å². The van der Waals surface area contributed by atoms with Crippen LogP contribution in [0.2, 0.25) is 0 Å². The first kappa shape index (κ1) is 25.9. The Kier molecular flexibility index (Phi) is 8.30. The number of amides is 2. The second-order valence-electron chi connectivity index (χ2n) is 7.93. The predicted molar refractivity (Wildman–Crippen MR) is 144 cm³/mol. The molecule has 0 aliphatic heterocycles. The average molecular weight is 512 g/mol. The minimum absolute atomic E-state index is 0.237. The minimum Gasteiger partial charge on any atom is -0.497 e. The topological polar surface area (TPSA) is 115 Å². The van der Waals surface area contributed by atoms with Gasteiger partial charge in [0.15, 0.2) is 0 Å². The number of ether oxygens (including phenoxy) is 3. The van der Waals surface area contributed by atoms with E-state index in [1.54, 1.807) is 54.6 Å². The van der Waals surface area contributed by atoms with Gasteiger partial charge >= 0.3 is 17.8 Å². The predicted octanol–water partition coefficient (Wildman–Crippen LogP) is 4.56. The summed E-state index contributed by atoms with van der Waals surface area (Å²) in [4.78, 5) is 37.4. The van der Waals surface area contributed by atoms with E-state index >= 15 is 0 Å². The Hall–Kier alpha value is -5.18. The van der Waals surface area contributed by atoms with Crippen molar-refractivity contribution >= 4 is 40.5 Å². The molecule has 0 radical (unpaired) electrons. The number of hydrogen-bond acceptors (Lipinski definition) is 7. The van der Waals surface area contributed by atoms with E-state index in [-0.39, 0.29) is 5.75 Å². The van der Waals surface area contributed by atoms with Crippen LogP contribution in [0.15, 0.2) is 90.0 Å². The van der Waals surface area contributed by atoms with Crippen LogP contribution in [-0.2, 0) is 9.59 Å². The molecule has 0 unspecified atom stereocenters. The molecule has 0 saturated heterocycles. The van der Waals surface area contributed by atoms with Crippen molar-refractivity contribution in [2.45, 2.75) is 6.92 Å². The molecule has 9 heteroatoms. The van der Waals surface area contributed by atoms with E-state index in [0.29, 0.717) is 34.9 Å². The molecule has 192 valence electrons. The SMILES string of the molecule is CCOc1ccc(C(=O)Oc2ccc3ccccc3c2C=NNC(=O)C(=O)Nc2cccc(OC)c2)cc1. The number of esters is 1. The summed E-state index contributed by atoms with van der Waals surface area (Å²) in [5, 5.41) is 8.03. The molecule has 38 heavy (non-hydrogen) atoms. The van der Waals surface area contributed by atoms with Gasteiger partial charge in [0.2, 0.25) is 0 Å². The highest BCUT2D eigenvalue weighted by Gasteiger charge is 2.16. The number of fused-ring (bicyclic) bond motifs is 1. The number of benzene rings is 4. The van der Waals surface area contributed by atoms with Gasteiger partial charge in [-0.2, -0.15) is 5.10 Å². The van der Waals surface area contributed by atoms with Crippen LogP contribution in [0.4, 0.5) is 5.69 Å². The van der Waals surface area contributed by atoms with Crippen molar-refractivity contribution in [3.05, 3.63) is 96.1 Å². The fourth-order valence-corrected chi connectivity index (χ4v) is 3.61. The van der Waals surface area contributed by atoms with Crippen molar-refractivity contribution in [3.8, 4) is 17.2 Å². The zero-order valence-corrected chi connectivity index (χ0v) is 20.8. The van der Waals surface area contributed by atoms with Crippen molar-refractivity contribution < 1.29 is 28.6 Å². The van der Waals surface area contributed by atoms with E-state index in [9.17, 15) is 14.4 Å². The number of hydrogen-bond donors (Lipinski definition) is 2. The molecule has 0 aromatic heterocycles. The Labute approximate surface area is 219 Å². The molecular formula is C29H25N3O6. The van der Waals surface area contributed by atoms with Crippen molar-refractivity contribution in [3.63, 3.8) is 0 Å². The number of carbonyl (C=O) groups excluding carboxylic acids is 3. The third kappa shape index (κ3) is 6.33. The molecule has 2 N–H and O–H groups in total. The molecule has 4 rings (SSSR count). The molecule has 4 aromatic rings. The van der Waals surface area contributed by atoms with Crippen LogP contribution in [-0.4, -0.2) is 37.7 Å². The first-order valence-electron chi connectivity index (χ1n) is 11.7. The largest absolute Gasteiger partial charge is 0.497 e. The number of methoxy groups -OCH3 is 1. The lowest BCUT2D eigenvalue weighted by molar-refractivity contribution is -0.136. The van der Waals surface area contributed by atoms with Crippen molar-refractivity contribution in [1.29, 1.82) is 0 Å². The van der Waals surface area contributed by atoms with Crippen molar-refractivity contribution in [1.82, 2.24) is 5.43 Å². The van der Waals surface area contributed by atoms with Gasteiger partial charge in [-0.1, -0.05) is 36.4 Å². The third-order valence-corrected chi connectivity index (χ3v) is 5.43. The number of nitrogens with one attached hydrogen (secondary N) is 2. The van der Waals surface area contributed by atoms with E-state index in [1.165, 1.54) is 13.3 Å². The third-order valence-electron chi connectivity index (χ3n) is 5.43. The molecule has 2 amide bonds. The number of hydrazone groups is 1. The van der Waals surface area contributed by atoms with E-state index in [1.807, 2.05) is 37.3 Å². The van der Waals surface area contributed by atoms with Crippen LogP contribution in [0.5, 0.6) is 17.2 Å². The lowest BCUT2D eigenvalue weighted by Crippen LogP contribution is -2.32. The van der Waals surface area contributed by atoms with Crippen molar-refractivity contribution in [2.75, 3.05) is 19.0 Å². The Morgan fingerprint density at radius 2 is 1.66 bits per heavy atom. The summed E-state index contributed by atoms with van der Waals surface area (Å²) in [5.74, 6) is -1.04. The fraction of sp³-hybridized carbons (Fsp3) is 0.103. The van der Waals surface area contributed by atoms with E-state index in [2.05, 4.69) is 15.8 Å². The molecular weight excluding hydrogens is 486 g/mol. The molecule has 0 fully saturated rings. The van der Waals surface area contributed by atoms with Gasteiger partial charge in [0.1, 0.15) is 17.2 Å². The van der Waals surface area contributed by atoms with Crippen LogP contribution < -0.4 is 25.0 Å².